The van der Waals surface area contributed by atoms with Crippen LogP contribution in [0, 0.1) is 5.92 Å². The van der Waals surface area contributed by atoms with Crippen molar-refractivity contribution in [2.45, 2.75) is 41.9 Å². The Balaban J connectivity index is 1.68. The van der Waals surface area contributed by atoms with Gasteiger partial charge in [0.2, 0.25) is 5.91 Å². The van der Waals surface area contributed by atoms with Crippen molar-refractivity contribution in [2.24, 2.45) is 5.92 Å². The minimum Gasteiger partial charge on any atom is -0.375 e. The molecule has 1 aromatic rings. The lowest BCUT2D eigenvalue weighted by atomic mass is 9.72. The topological polar surface area (TPSA) is 72.5 Å². The van der Waals surface area contributed by atoms with E-state index in [0.29, 0.717) is 23.9 Å². The number of sulfonamides is 1. The second-order valence-corrected chi connectivity index (χ2v) is 9.36. The van der Waals surface area contributed by atoms with Crippen molar-refractivity contribution in [1.82, 2.24) is 4.72 Å². The summed E-state index contributed by atoms with van der Waals surface area (Å²) in [4.78, 5) is 12.3. The van der Waals surface area contributed by atoms with Crippen LogP contribution in [0.5, 0.6) is 0 Å². The third kappa shape index (κ3) is 3.18. The number of hydrogen-bond acceptors (Lipinski definition) is 5. The normalized spacial score (nSPS) is 24.5. The molecule has 0 radical (unpaired) electrons. The monoisotopic (exact) mass is 393 g/mol. The Labute approximate surface area is 136 Å². The molecule has 21 heavy (non-hydrogen) atoms. The molecule has 1 atom stereocenters. The zero-order valence-electron chi connectivity index (χ0n) is 11.3. The molecule has 1 saturated carbocycles. The number of thiophene rings is 1. The van der Waals surface area contributed by atoms with Gasteiger partial charge in [0.15, 0.2) is 0 Å². The Morgan fingerprint density at radius 3 is 2.81 bits per heavy atom. The summed E-state index contributed by atoms with van der Waals surface area (Å²) in [6.07, 6.45) is 4.28. The number of hydrogen-bond donors (Lipinski definition) is 1. The van der Waals surface area contributed by atoms with E-state index in [1.165, 1.54) is 6.07 Å². The van der Waals surface area contributed by atoms with Gasteiger partial charge in [-0.3, -0.25) is 4.79 Å². The summed E-state index contributed by atoms with van der Waals surface area (Å²) in [6, 6.07) is 1.50. The maximum atomic E-state index is 12.3. The Bertz CT molecular complexity index is 651. The highest BCUT2D eigenvalue weighted by Crippen LogP contribution is 2.44. The summed E-state index contributed by atoms with van der Waals surface area (Å²) in [5.74, 6) is -0.689. The molecule has 1 aromatic heterocycles. The van der Waals surface area contributed by atoms with Crippen molar-refractivity contribution >= 4 is 43.2 Å². The van der Waals surface area contributed by atoms with Gasteiger partial charge in [-0.15, -0.1) is 11.3 Å². The van der Waals surface area contributed by atoms with E-state index in [9.17, 15) is 13.2 Å². The van der Waals surface area contributed by atoms with Crippen LogP contribution in [0.2, 0.25) is 0 Å². The molecular weight excluding hydrogens is 378 g/mol. The fourth-order valence-electron chi connectivity index (χ4n) is 2.87. The van der Waals surface area contributed by atoms with Gasteiger partial charge in [-0.2, -0.15) is 0 Å². The molecule has 8 heteroatoms. The van der Waals surface area contributed by atoms with Gasteiger partial charge in [0.05, 0.1) is 5.60 Å². The number of amides is 1. The standard InChI is InChI=1S/C13H16BrNO4S2/c14-10-6-11(20-8-10)21(17,18)15-12(16)9-2-5-19-13(7-9)3-1-4-13/h6,8-9H,1-5,7H2,(H,15,16). The first kappa shape index (κ1) is 15.5. The molecule has 2 fully saturated rings. The summed E-state index contributed by atoms with van der Waals surface area (Å²) in [5, 5.41) is 1.68. The molecule has 1 unspecified atom stereocenters. The Morgan fingerprint density at radius 2 is 2.24 bits per heavy atom. The number of rotatable bonds is 3. The molecule has 3 rings (SSSR count). The Hall–Kier alpha value is -0.440. The molecule has 1 N–H and O–H groups in total. The van der Waals surface area contributed by atoms with E-state index in [1.807, 2.05) is 0 Å². The van der Waals surface area contributed by atoms with E-state index in [1.54, 1.807) is 5.38 Å². The zero-order chi connectivity index (χ0) is 15.1. The van der Waals surface area contributed by atoms with Gasteiger partial charge in [0.1, 0.15) is 4.21 Å². The van der Waals surface area contributed by atoms with Crippen molar-refractivity contribution in [2.75, 3.05) is 6.61 Å². The highest BCUT2D eigenvalue weighted by Gasteiger charge is 2.44. The molecule has 2 aliphatic rings. The molecule has 1 amide bonds. The quantitative estimate of drug-likeness (QED) is 0.856. The van der Waals surface area contributed by atoms with E-state index in [4.69, 9.17) is 4.74 Å². The van der Waals surface area contributed by atoms with Crippen LogP contribution in [0.15, 0.2) is 20.1 Å². The van der Waals surface area contributed by atoms with Crippen LogP contribution in [0.25, 0.3) is 0 Å². The Morgan fingerprint density at radius 1 is 1.48 bits per heavy atom. The van der Waals surface area contributed by atoms with Crippen molar-refractivity contribution in [3.63, 3.8) is 0 Å². The number of halogens is 1. The van der Waals surface area contributed by atoms with Crippen molar-refractivity contribution < 1.29 is 17.9 Å². The lowest BCUT2D eigenvalue weighted by molar-refractivity contribution is -0.155. The molecule has 1 saturated heterocycles. The molecule has 116 valence electrons. The summed E-state index contributed by atoms with van der Waals surface area (Å²) in [5.41, 5.74) is -0.171. The average molecular weight is 394 g/mol. The first-order valence-electron chi connectivity index (χ1n) is 6.85. The third-order valence-corrected chi connectivity index (χ3v) is 7.72. The van der Waals surface area contributed by atoms with Gasteiger partial charge in [-0.1, -0.05) is 0 Å². The SMILES string of the molecule is O=C(NS(=O)(=O)c1cc(Br)cs1)C1CCOC2(CCC2)C1. The lowest BCUT2D eigenvalue weighted by Crippen LogP contribution is -2.49. The van der Waals surface area contributed by atoms with Crippen LogP contribution >= 0.6 is 27.3 Å². The largest absolute Gasteiger partial charge is 0.375 e. The van der Waals surface area contributed by atoms with Gasteiger partial charge in [-0.05, 0) is 54.1 Å². The molecular formula is C13H16BrNO4S2. The van der Waals surface area contributed by atoms with Crippen molar-refractivity contribution in [3.05, 3.63) is 15.9 Å². The lowest BCUT2D eigenvalue weighted by Gasteiger charge is -2.46. The minimum atomic E-state index is -3.77. The summed E-state index contributed by atoms with van der Waals surface area (Å²) >= 11 is 4.30. The summed E-state index contributed by atoms with van der Waals surface area (Å²) in [6.45, 7) is 0.530. The van der Waals surface area contributed by atoms with E-state index in [2.05, 4.69) is 20.7 Å². The number of carbonyl (C=O) groups is 1. The number of ether oxygens (including phenoxy) is 1. The van der Waals surface area contributed by atoms with Crippen LogP contribution in [0.4, 0.5) is 0 Å². The number of carbonyl (C=O) groups excluding carboxylic acids is 1. The number of nitrogens with one attached hydrogen (secondary N) is 1. The second-order valence-electron chi connectivity index (χ2n) is 5.63. The minimum absolute atomic E-state index is 0.146. The van der Waals surface area contributed by atoms with Gasteiger partial charge in [0, 0.05) is 22.4 Å². The second kappa shape index (κ2) is 5.64. The maximum Gasteiger partial charge on any atom is 0.273 e. The fourth-order valence-corrected chi connectivity index (χ4v) is 5.77. The third-order valence-electron chi connectivity index (χ3n) is 4.17. The van der Waals surface area contributed by atoms with Crippen LogP contribution < -0.4 is 4.72 Å². The molecule has 0 bridgehead atoms. The summed E-state index contributed by atoms with van der Waals surface area (Å²) < 4.78 is 33.2. The van der Waals surface area contributed by atoms with Crippen LogP contribution in [-0.2, 0) is 19.6 Å². The van der Waals surface area contributed by atoms with Crippen molar-refractivity contribution in [3.8, 4) is 0 Å². The van der Waals surface area contributed by atoms with Crippen LogP contribution in [-0.4, -0.2) is 26.5 Å². The molecule has 5 nitrogen and oxygen atoms in total. The average Bonchev–Trinajstić information content (AvgIpc) is 2.84. The summed E-state index contributed by atoms with van der Waals surface area (Å²) in [7, 11) is -3.77. The Kier molecular flexibility index (Phi) is 4.15. The maximum absolute atomic E-state index is 12.3. The van der Waals surface area contributed by atoms with Crippen LogP contribution in [0.3, 0.4) is 0 Å². The van der Waals surface area contributed by atoms with E-state index in [-0.39, 0.29) is 15.7 Å². The first-order chi connectivity index (χ1) is 9.90. The predicted octanol–water partition coefficient (Wildman–Crippen LogP) is 2.66. The van der Waals surface area contributed by atoms with Gasteiger partial charge in [-0.25, -0.2) is 13.1 Å². The highest BCUT2D eigenvalue weighted by molar-refractivity contribution is 9.10. The first-order valence-corrected chi connectivity index (χ1v) is 10.0. The van der Waals surface area contributed by atoms with E-state index in [0.717, 1.165) is 30.6 Å². The van der Waals surface area contributed by atoms with Gasteiger partial charge in [0.25, 0.3) is 10.0 Å². The zero-order valence-corrected chi connectivity index (χ0v) is 14.5. The fraction of sp³-hybridized carbons (Fsp3) is 0.615. The van der Waals surface area contributed by atoms with Crippen molar-refractivity contribution in [1.29, 1.82) is 0 Å². The molecule has 2 heterocycles. The molecule has 0 aromatic carbocycles. The molecule has 1 aliphatic carbocycles. The molecule has 1 spiro atoms. The van der Waals surface area contributed by atoms with Crippen LogP contribution in [0.1, 0.15) is 32.1 Å². The van der Waals surface area contributed by atoms with Gasteiger partial charge >= 0.3 is 0 Å². The highest BCUT2D eigenvalue weighted by atomic mass is 79.9. The van der Waals surface area contributed by atoms with Gasteiger partial charge < -0.3 is 4.74 Å². The molecule has 1 aliphatic heterocycles. The smallest absolute Gasteiger partial charge is 0.273 e. The predicted molar refractivity (Wildman–Crippen MR) is 82.6 cm³/mol. The van der Waals surface area contributed by atoms with E-state index >= 15 is 0 Å². The van der Waals surface area contributed by atoms with E-state index < -0.39 is 15.9 Å².